The van der Waals surface area contributed by atoms with Crippen LogP contribution >= 0.6 is 23.2 Å². The van der Waals surface area contributed by atoms with Gasteiger partial charge in [0.2, 0.25) is 0 Å². The third-order valence-electron chi connectivity index (χ3n) is 1.28. The zero-order valence-corrected chi connectivity index (χ0v) is 7.74. The van der Waals surface area contributed by atoms with Crippen LogP contribution in [0.1, 0.15) is 5.56 Å². The van der Waals surface area contributed by atoms with Gasteiger partial charge in [-0.3, -0.25) is 0 Å². The molecule has 0 heterocycles. The van der Waals surface area contributed by atoms with E-state index in [4.69, 9.17) is 23.2 Å². The molecular weight excluding hydrogens is 198 g/mol. The molecule has 64 valence electrons. The van der Waals surface area contributed by atoms with Crippen molar-refractivity contribution in [1.29, 1.82) is 0 Å². The minimum atomic E-state index is -0.336. The Kier molecular flexibility index (Phi) is 3.57. The molecule has 0 atom stereocenters. The van der Waals surface area contributed by atoms with Crippen LogP contribution in [0.4, 0.5) is 4.39 Å². The first-order chi connectivity index (χ1) is 5.72. The minimum Gasteiger partial charge on any atom is -0.207 e. The van der Waals surface area contributed by atoms with E-state index in [0.717, 1.165) is 5.56 Å². The summed E-state index contributed by atoms with van der Waals surface area (Å²) in [5.41, 5.74) is 0.723. The molecule has 0 amide bonds. The van der Waals surface area contributed by atoms with Crippen LogP contribution in [-0.2, 0) is 0 Å². The maximum absolute atomic E-state index is 12.7. The normalized spacial score (nSPS) is 10.9. The quantitative estimate of drug-likeness (QED) is 0.645. The first-order valence-electron chi connectivity index (χ1n) is 3.41. The predicted octanol–water partition coefficient (Wildman–Crippen LogP) is 3.73. The summed E-state index contributed by atoms with van der Waals surface area (Å²) in [4.78, 5) is 0. The predicted molar refractivity (Wildman–Crippen MR) is 51.2 cm³/mol. The van der Waals surface area contributed by atoms with E-state index in [1.165, 1.54) is 12.1 Å². The highest BCUT2D eigenvalue weighted by atomic mass is 35.5. The van der Waals surface area contributed by atoms with E-state index < -0.39 is 0 Å². The molecule has 0 aliphatic rings. The van der Waals surface area contributed by atoms with Gasteiger partial charge in [0, 0.05) is 10.9 Å². The first-order valence-corrected chi connectivity index (χ1v) is 4.32. The summed E-state index contributed by atoms with van der Waals surface area (Å²) in [5, 5.41) is 0.393. The van der Waals surface area contributed by atoms with E-state index in [1.54, 1.807) is 18.2 Å². The minimum absolute atomic E-state index is 0.336. The summed E-state index contributed by atoms with van der Waals surface area (Å²) in [6.45, 7) is 0. The molecule has 0 aliphatic carbocycles. The van der Waals surface area contributed by atoms with Crippen LogP contribution in [-0.4, -0.2) is 5.88 Å². The average molecular weight is 205 g/mol. The number of hydrogen-bond acceptors (Lipinski definition) is 0. The van der Waals surface area contributed by atoms with Crippen LogP contribution in [0.15, 0.2) is 24.3 Å². The van der Waals surface area contributed by atoms with E-state index in [0.29, 0.717) is 10.9 Å². The molecular formula is C9H7Cl2F. The van der Waals surface area contributed by atoms with E-state index in [2.05, 4.69) is 0 Å². The molecule has 12 heavy (non-hydrogen) atoms. The van der Waals surface area contributed by atoms with Crippen molar-refractivity contribution in [2.75, 3.05) is 5.88 Å². The van der Waals surface area contributed by atoms with Crippen LogP contribution in [0.25, 0.3) is 6.08 Å². The molecule has 0 aliphatic heterocycles. The van der Waals surface area contributed by atoms with Gasteiger partial charge in [0.15, 0.2) is 0 Å². The van der Waals surface area contributed by atoms with Crippen molar-refractivity contribution < 1.29 is 4.39 Å². The van der Waals surface area contributed by atoms with Crippen LogP contribution in [0.3, 0.4) is 0 Å². The molecule has 0 saturated heterocycles. The van der Waals surface area contributed by atoms with Crippen molar-refractivity contribution in [2.45, 2.75) is 0 Å². The number of benzene rings is 1. The summed E-state index contributed by atoms with van der Waals surface area (Å²) in [5.74, 6) is 0.0745. The molecule has 0 fully saturated rings. The molecule has 0 radical (unpaired) electrons. The molecule has 1 aromatic rings. The standard InChI is InChI=1S/C9H7Cl2F/c10-3-1-2-7-4-8(11)6-9(12)5-7/h1-2,4-6H,3H2/b2-1+. The van der Waals surface area contributed by atoms with Gasteiger partial charge in [0.25, 0.3) is 0 Å². The monoisotopic (exact) mass is 204 g/mol. The zero-order valence-electron chi connectivity index (χ0n) is 6.23. The average Bonchev–Trinajstić information content (AvgIpc) is 1.99. The highest BCUT2D eigenvalue weighted by Crippen LogP contribution is 2.15. The molecule has 1 aromatic carbocycles. The molecule has 1 rings (SSSR count). The van der Waals surface area contributed by atoms with Crippen LogP contribution in [0, 0.1) is 5.82 Å². The number of alkyl halides is 1. The lowest BCUT2D eigenvalue weighted by Gasteiger charge is -1.95. The van der Waals surface area contributed by atoms with Gasteiger partial charge in [0.1, 0.15) is 5.82 Å². The van der Waals surface area contributed by atoms with Gasteiger partial charge in [-0.1, -0.05) is 23.8 Å². The van der Waals surface area contributed by atoms with Gasteiger partial charge in [-0.25, -0.2) is 4.39 Å². The highest BCUT2D eigenvalue weighted by molar-refractivity contribution is 6.30. The molecule has 0 nitrogen and oxygen atoms in total. The van der Waals surface area contributed by atoms with Crippen LogP contribution in [0.2, 0.25) is 5.02 Å². The Morgan fingerprint density at radius 2 is 2.08 bits per heavy atom. The van der Waals surface area contributed by atoms with Gasteiger partial charge in [-0.05, 0) is 23.8 Å². The summed E-state index contributed by atoms with van der Waals surface area (Å²) in [7, 11) is 0. The van der Waals surface area contributed by atoms with Gasteiger partial charge in [0.05, 0.1) is 0 Å². The fourth-order valence-electron chi connectivity index (χ4n) is 0.852. The van der Waals surface area contributed by atoms with E-state index in [-0.39, 0.29) is 5.82 Å². The number of halogens is 3. The Morgan fingerprint density at radius 3 is 2.67 bits per heavy atom. The number of rotatable bonds is 2. The van der Waals surface area contributed by atoms with Crippen molar-refractivity contribution in [1.82, 2.24) is 0 Å². The Bertz CT molecular complexity index is 274. The maximum atomic E-state index is 12.7. The lowest BCUT2D eigenvalue weighted by atomic mass is 10.2. The Labute approximate surface area is 80.6 Å². The fourth-order valence-corrected chi connectivity index (χ4v) is 1.17. The molecule has 0 saturated carbocycles. The second-order valence-electron chi connectivity index (χ2n) is 2.26. The zero-order chi connectivity index (χ0) is 8.97. The molecule has 3 heteroatoms. The summed E-state index contributed by atoms with van der Waals surface area (Å²) >= 11 is 11.0. The smallest absolute Gasteiger partial charge is 0.125 e. The number of allylic oxidation sites excluding steroid dienone is 1. The van der Waals surface area contributed by atoms with Crippen LogP contribution in [0.5, 0.6) is 0 Å². The molecule has 0 N–H and O–H groups in total. The highest BCUT2D eigenvalue weighted by Gasteiger charge is 1.94. The largest absolute Gasteiger partial charge is 0.207 e. The van der Waals surface area contributed by atoms with Crippen LogP contribution < -0.4 is 0 Å². The number of hydrogen-bond donors (Lipinski definition) is 0. The molecule has 0 spiro atoms. The Balaban J connectivity index is 2.93. The Hall–Kier alpha value is -0.530. The maximum Gasteiger partial charge on any atom is 0.125 e. The molecule has 0 aromatic heterocycles. The summed E-state index contributed by atoms with van der Waals surface area (Å²) in [6.07, 6.45) is 3.45. The van der Waals surface area contributed by atoms with Crippen molar-refractivity contribution in [3.05, 3.63) is 40.7 Å². The van der Waals surface area contributed by atoms with Crippen molar-refractivity contribution in [3.8, 4) is 0 Å². The third-order valence-corrected chi connectivity index (χ3v) is 1.68. The first kappa shape index (κ1) is 9.56. The lowest BCUT2D eigenvalue weighted by Crippen LogP contribution is -1.77. The van der Waals surface area contributed by atoms with Crippen molar-refractivity contribution in [3.63, 3.8) is 0 Å². The molecule has 0 bridgehead atoms. The Morgan fingerprint density at radius 1 is 1.33 bits per heavy atom. The van der Waals surface area contributed by atoms with Gasteiger partial charge < -0.3 is 0 Å². The third kappa shape index (κ3) is 2.84. The van der Waals surface area contributed by atoms with Gasteiger partial charge in [-0.15, -0.1) is 11.6 Å². The van der Waals surface area contributed by atoms with E-state index in [1.807, 2.05) is 0 Å². The fraction of sp³-hybridized carbons (Fsp3) is 0.111. The lowest BCUT2D eigenvalue weighted by molar-refractivity contribution is 0.627. The van der Waals surface area contributed by atoms with Gasteiger partial charge >= 0.3 is 0 Å². The van der Waals surface area contributed by atoms with Gasteiger partial charge in [-0.2, -0.15) is 0 Å². The van der Waals surface area contributed by atoms with E-state index in [9.17, 15) is 4.39 Å². The summed E-state index contributed by atoms with van der Waals surface area (Å²) < 4.78 is 12.7. The van der Waals surface area contributed by atoms with Crippen molar-refractivity contribution in [2.24, 2.45) is 0 Å². The second kappa shape index (κ2) is 4.48. The SMILES string of the molecule is Fc1cc(Cl)cc(/C=C/CCl)c1. The van der Waals surface area contributed by atoms with E-state index >= 15 is 0 Å². The summed E-state index contributed by atoms with van der Waals surface area (Å²) in [6, 6.07) is 4.34. The molecule has 0 unspecified atom stereocenters. The van der Waals surface area contributed by atoms with Crippen molar-refractivity contribution >= 4 is 29.3 Å². The second-order valence-corrected chi connectivity index (χ2v) is 3.00. The topological polar surface area (TPSA) is 0 Å².